The van der Waals surface area contributed by atoms with E-state index in [-0.39, 0.29) is 0 Å². The van der Waals surface area contributed by atoms with Gasteiger partial charge in [0, 0.05) is 6.42 Å². The summed E-state index contributed by atoms with van der Waals surface area (Å²) in [6.45, 7) is 2.80. The fourth-order valence-electron chi connectivity index (χ4n) is 1.81. The Morgan fingerprint density at radius 2 is 2.27 bits per heavy atom. The molecule has 3 N–H and O–H groups in total. The second kappa shape index (κ2) is 3.22. The number of nitrogens with two attached hydrogens (primary N) is 1. The van der Waals surface area contributed by atoms with Gasteiger partial charge in [-0.3, -0.25) is 4.79 Å². The molecule has 1 aliphatic rings. The van der Waals surface area contributed by atoms with E-state index in [4.69, 9.17) is 10.8 Å². The molecule has 0 radical (unpaired) electrons. The first kappa shape index (κ1) is 8.53. The SMILES string of the molecule is CC1C(CN)CC1CC(=O)O. The maximum Gasteiger partial charge on any atom is 0.303 e. The summed E-state index contributed by atoms with van der Waals surface area (Å²) >= 11 is 0. The first-order valence-corrected chi connectivity index (χ1v) is 4.07. The molecule has 0 bridgehead atoms. The van der Waals surface area contributed by atoms with E-state index in [1.807, 2.05) is 0 Å². The van der Waals surface area contributed by atoms with Crippen molar-refractivity contribution in [1.82, 2.24) is 0 Å². The van der Waals surface area contributed by atoms with E-state index in [9.17, 15) is 4.79 Å². The first-order valence-electron chi connectivity index (χ1n) is 4.07. The third-order valence-corrected chi connectivity index (χ3v) is 2.83. The van der Waals surface area contributed by atoms with Gasteiger partial charge in [-0.05, 0) is 30.7 Å². The number of rotatable bonds is 3. The van der Waals surface area contributed by atoms with E-state index in [1.54, 1.807) is 0 Å². The third kappa shape index (κ3) is 1.71. The van der Waals surface area contributed by atoms with Crippen LogP contribution in [0, 0.1) is 17.8 Å². The van der Waals surface area contributed by atoms with Crippen LogP contribution < -0.4 is 5.73 Å². The lowest BCUT2D eigenvalue weighted by molar-refractivity contribution is -0.140. The summed E-state index contributed by atoms with van der Waals surface area (Å²) in [4.78, 5) is 10.3. The molecule has 64 valence electrons. The Morgan fingerprint density at radius 1 is 1.64 bits per heavy atom. The number of hydrogen-bond acceptors (Lipinski definition) is 2. The van der Waals surface area contributed by atoms with Crippen molar-refractivity contribution in [3.63, 3.8) is 0 Å². The maximum absolute atomic E-state index is 10.3. The summed E-state index contributed by atoms with van der Waals surface area (Å²) in [5, 5.41) is 8.49. The van der Waals surface area contributed by atoms with Crippen LogP contribution in [-0.4, -0.2) is 17.6 Å². The van der Waals surface area contributed by atoms with Crippen LogP contribution in [0.25, 0.3) is 0 Å². The van der Waals surface area contributed by atoms with Crippen molar-refractivity contribution in [2.45, 2.75) is 19.8 Å². The number of carboxylic acids is 1. The Hall–Kier alpha value is -0.570. The molecule has 0 aromatic carbocycles. The number of hydrogen-bond donors (Lipinski definition) is 2. The fraction of sp³-hybridized carbons (Fsp3) is 0.875. The minimum absolute atomic E-state index is 0.317. The Kier molecular flexibility index (Phi) is 2.49. The Bertz CT molecular complexity index is 158. The lowest BCUT2D eigenvalue weighted by atomic mass is 9.64. The molecule has 3 heteroatoms. The third-order valence-electron chi connectivity index (χ3n) is 2.83. The van der Waals surface area contributed by atoms with Crippen molar-refractivity contribution in [3.8, 4) is 0 Å². The lowest BCUT2D eigenvalue weighted by Gasteiger charge is -2.41. The van der Waals surface area contributed by atoms with E-state index in [0.29, 0.717) is 30.7 Å². The summed E-state index contributed by atoms with van der Waals surface area (Å²) in [5.41, 5.74) is 5.47. The van der Waals surface area contributed by atoms with Gasteiger partial charge in [0.15, 0.2) is 0 Å². The van der Waals surface area contributed by atoms with Gasteiger partial charge in [-0.15, -0.1) is 0 Å². The summed E-state index contributed by atoms with van der Waals surface area (Å²) in [7, 11) is 0. The van der Waals surface area contributed by atoms with Crippen LogP contribution in [0.1, 0.15) is 19.8 Å². The van der Waals surface area contributed by atoms with Crippen molar-refractivity contribution in [2.24, 2.45) is 23.5 Å². The van der Waals surface area contributed by atoms with Crippen molar-refractivity contribution >= 4 is 5.97 Å². The highest BCUT2D eigenvalue weighted by Gasteiger charge is 2.37. The van der Waals surface area contributed by atoms with E-state index in [2.05, 4.69) is 6.92 Å². The zero-order valence-electron chi connectivity index (χ0n) is 6.79. The molecule has 0 aliphatic heterocycles. The van der Waals surface area contributed by atoms with E-state index < -0.39 is 5.97 Å². The number of aliphatic carboxylic acids is 1. The normalized spacial score (nSPS) is 36.4. The summed E-state index contributed by atoms with van der Waals surface area (Å²) in [5.74, 6) is 0.772. The van der Waals surface area contributed by atoms with Crippen molar-refractivity contribution in [2.75, 3.05) is 6.54 Å². The topological polar surface area (TPSA) is 63.3 Å². The van der Waals surface area contributed by atoms with Gasteiger partial charge in [-0.25, -0.2) is 0 Å². The molecule has 3 atom stereocenters. The summed E-state index contributed by atoms with van der Waals surface area (Å²) in [6, 6.07) is 0. The summed E-state index contributed by atoms with van der Waals surface area (Å²) < 4.78 is 0. The minimum Gasteiger partial charge on any atom is -0.481 e. The predicted molar refractivity (Wildman–Crippen MR) is 42.1 cm³/mol. The Labute approximate surface area is 66.6 Å². The average Bonchev–Trinajstić information content (AvgIpc) is 1.96. The molecule has 0 spiro atoms. The van der Waals surface area contributed by atoms with Crippen LogP contribution in [0.5, 0.6) is 0 Å². The molecule has 3 unspecified atom stereocenters. The van der Waals surface area contributed by atoms with Crippen molar-refractivity contribution < 1.29 is 9.90 Å². The van der Waals surface area contributed by atoms with Crippen LogP contribution in [0.4, 0.5) is 0 Å². The minimum atomic E-state index is -0.683. The van der Waals surface area contributed by atoms with Gasteiger partial charge in [-0.2, -0.15) is 0 Å². The molecule has 0 heterocycles. The highest BCUT2D eigenvalue weighted by molar-refractivity contribution is 5.67. The van der Waals surface area contributed by atoms with E-state index in [1.165, 1.54) is 0 Å². The number of carbonyl (C=O) groups is 1. The zero-order chi connectivity index (χ0) is 8.43. The molecule has 1 fully saturated rings. The summed E-state index contributed by atoms with van der Waals surface area (Å²) in [6.07, 6.45) is 1.32. The second-order valence-electron chi connectivity index (χ2n) is 3.45. The smallest absolute Gasteiger partial charge is 0.303 e. The monoisotopic (exact) mass is 157 g/mol. The highest BCUT2D eigenvalue weighted by atomic mass is 16.4. The van der Waals surface area contributed by atoms with E-state index >= 15 is 0 Å². The highest BCUT2D eigenvalue weighted by Crippen LogP contribution is 2.41. The average molecular weight is 157 g/mol. The lowest BCUT2D eigenvalue weighted by Crippen LogP contribution is -2.40. The van der Waals surface area contributed by atoms with Gasteiger partial charge in [0.1, 0.15) is 0 Å². The molecule has 0 saturated heterocycles. The Balaban J connectivity index is 2.27. The van der Waals surface area contributed by atoms with Gasteiger partial charge in [-0.1, -0.05) is 6.92 Å². The van der Waals surface area contributed by atoms with Crippen LogP contribution in [0.15, 0.2) is 0 Å². The molecular weight excluding hydrogens is 142 g/mol. The molecule has 1 saturated carbocycles. The van der Waals surface area contributed by atoms with Crippen LogP contribution in [0.2, 0.25) is 0 Å². The van der Waals surface area contributed by atoms with Crippen LogP contribution >= 0.6 is 0 Å². The van der Waals surface area contributed by atoms with Crippen LogP contribution in [0.3, 0.4) is 0 Å². The molecule has 11 heavy (non-hydrogen) atoms. The molecule has 0 amide bonds. The quantitative estimate of drug-likeness (QED) is 0.633. The van der Waals surface area contributed by atoms with Gasteiger partial charge < -0.3 is 10.8 Å². The van der Waals surface area contributed by atoms with Gasteiger partial charge >= 0.3 is 5.97 Å². The number of carboxylic acid groups (broad SMARTS) is 1. The predicted octanol–water partition coefficient (Wildman–Crippen LogP) is 0.692. The Morgan fingerprint density at radius 3 is 2.64 bits per heavy atom. The van der Waals surface area contributed by atoms with Crippen LogP contribution in [-0.2, 0) is 4.79 Å². The van der Waals surface area contributed by atoms with Crippen molar-refractivity contribution in [1.29, 1.82) is 0 Å². The zero-order valence-corrected chi connectivity index (χ0v) is 6.79. The molecular formula is C8H15NO2. The van der Waals surface area contributed by atoms with Crippen molar-refractivity contribution in [3.05, 3.63) is 0 Å². The second-order valence-corrected chi connectivity index (χ2v) is 3.45. The molecule has 1 rings (SSSR count). The van der Waals surface area contributed by atoms with Gasteiger partial charge in [0.25, 0.3) is 0 Å². The molecule has 0 aromatic heterocycles. The molecule has 1 aliphatic carbocycles. The maximum atomic E-state index is 10.3. The largest absolute Gasteiger partial charge is 0.481 e. The first-order chi connectivity index (χ1) is 5.15. The molecule has 3 nitrogen and oxygen atoms in total. The fourth-order valence-corrected chi connectivity index (χ4v) is 1.81. The molecule has 0 aromatic rings. The van der Waals surface area contributed by atoms with Gasteiger partial charge in [0.05, 0.1) is 0 Å². The van der Waals surface area contributed by atoms with E-state index in [0.717, 1.165) is 6.42 Å². The van der Waals surface area contributed by atoms with Gasteiger partial charge in [0.2, 0.25) is 0 Å². The standard InChI is InChI=1S/C8H15NO2/c1-5-6(3-8(10)11)2-7(5)4-9/h5-7H,2-4,9H2,1H3,(H,10,11).